The summed E-state index contributed by atoms with van der Waals surface area (Å²) in [5, 5.41) is 6.14. The summed E-state index contributed by atoms with van der Waals surface area (Å²) in [6.45, 7) is 7.15. The van der Waals surface area contributed by atoms with Crippen LogP contribution < -0.4 is 15.5 Å². The van der Waals surface area contributed by atoms with Gasteiger partial charge in [-0.1, -0.05) is 0 Å². The summed E-state index contributed by atoms with van der Waals surface area (Å²) in [6, 6.07) is 1.62. The lowest BCUT2D eigenvalue weighted by atomic mass is 10.2. The van der Waals surface area contributed by atoms with Gasteiger partial charge in [-0.3, -0.25) is 9.69 Å². The van der Waals surface area contributed by atoms with E-state index < -0.39 is 0 Å². The Labute approximate surface area is 172 Å². The fraction of sp³-hybridized carbons (Fsp3) is 0.667. The Hall–Kier alpha value is -0.900. The van der Waals surface area contributed by atoms with Gasteiger partial charge in [0.15, 0.2) is 0 Å². The van der Waals surface area contributed by atoms with Crippen molar-refractivity contribution in [3.8, 4) is 0 Å². The molecule has 11 heteroatoms. The molecule has 1 atom stereocenters. The largest absolute Gasteiger partial charge is 0.378 e. The van der Waals surface area contributed by atoms with Crippen LogP contribution in [0.3, 0.4) is 0 Å². The van der Waals surface area contributed by atoms with E-state index in [-0.39, 0.29) is 49.2 Å². The molecule has 1 aromatic rings. The van der Waals surface area contributed by atoms with E-state index in [1.807, 2.05) is 6.07 Å². The van der Waals surface area contributed by atoms with Crippen molar-refractivity contribution in [3.05, 3.63) is 18.5 Å². The third-order valence-corrected chi connectivity index (χ3v) is 4.17. The van der Waals surface area contributed by atoms with E-state index >= 15 is 0 Å². The van der Waals surface area contributed by atoms with Crippen LogP contribution in [0.15, 0.2) is 18.5 Å². The first kappa shape index (κ1) is 25.1. The number of nitrogens with one attached hydrogen (secondary N) is 2. The smallest absolute Gasteiger partial charge is 0.239 e. The Morgan fingerprint density at radius 1 is 1.19 bits per heavy atom. The van der Waals surface area contributed by atoms with Crippen LogP contribution in [0.5, 0.6) is 0 Å². The predicted octanol–water partition coefficient (Wildman–Crippen LogP) is -0.0314. The van der Waals surface area contributed by atoms with E-state index in [0.717, 1.165) is 45.2 Å². The first-order chi connectivity index (χ1) is 11.3. The summed E-state index contributed by atoms with van der Waals surface area (Å²) in [4.78, 5) is 25.1. The predicted molar refractivity (Wildman–Crippen MR) is 108 cm³/mol. The molecule has 2 N–H and O–H groups in total. The molecular weight excluding hydrogens is 403 g/mol. The second-order valence-electron chi connectivity index (χ2n) is 5.75. The highest BCUT2D eigenvalue weighted by molar-refractivity contribution is 5.86. The van der Waals surface area contributed by atoms with Gasteiger partial charge in [0, 0.05) is 58.2 Å². The Balaban J connectivity index is 0.00000208. The molecule has 1 aromatic heterocycles. The average Bonchev–Trinajstić information content (AvgIpc) is 2.64. The summed E-state index contributed by atoms with van der Waals surface area (Å²) in [5.74, 6) is 0.824. The average molecular weight is 430 g/mol. The summed E-state index contributed by atoms with van der Waals surface area (Å²) in [5.41, 5.74) is 0. The van der Waals surface area contributed by atoms with E-state index in [2.05, 4.69) is 30.4 Å². The number of carbonyl (C=O) groups is 1. The van der Waals surface area contributed by atoms with E-state index in [1.165, 1.54) is 0 Å². The molecule has 1 unspecified atom stereocenters. The minimum absolute atomic E-state index is 0. The normalized spacial score (nSPS) is 20.2. The van der Waals surface area contributed by atoms with Gasteiger partial charge < -0.3 is 20.3 Å². The maximum Gasteiger partial charge on any atom is 0.239 e. The van der Waals surface area contributed by atoms with Crippen LogP contribution in [0, 0.1) is 0 Å². The quantitative estimate of drug-likeness (QED) is 0.680. The number of morpholine rings is 1. The zero-order valence-electron chi connectivity index (χ0n) is 14.5. The first-order valence-corrected chi connectivity index (χ1v) is 8.16. The highest BCUT2D eigenvalue weighted by atomic mass is 35.5. The SMILES string of the molecule is Cl.Cl.Cl.O=C(NCCN1CCN(c2ncccn2)CC1)C1COCCN1. The van der Waals surface area contributed by atoms with Crippen LogP contribution in [0.2, 0.25) is 0 Å². The lowest BCUT2D eigenvalue weighted by molar-refractivity contribution is -0.125. The summed E-state index contributed by atoms with van der Waals surface area (Å²) >= 11 is 0. The van der Waals surface area contributed by atoms with Crippen LogP contribution in [0.4, 0.5) is 5.95 Å². The van der Waals surface area contributed by atoms with Gasteiger partial charge in [-0.05, 0) is 6.07 Å². The van der Waals surface area contributed by atoms with Crippen molar-refractivity contribution in [3.63, 3.8) is 0 Å². The third kappa shape index (κ3) is 7.38. The first-order valence-electron chi connectivity index (χ1n) is 8.16. The molecule has 150 valence electrons. The van der Waals surface area contributed by atoms with Gasteiger partial charge in [0.1, 0.15) is 6.04 Å². The Kier molecular flexibility index (Phi) is 12.8. The monoisotopic (exact) mass is 428 g/mol. The van der Waals surface area contributed by atoms with Crippen molar-refractivity contribution in [2.75, 3.05) is 63.9 Å². The molecule has 26 heavy (non-hydrogen) atoms. The molecule has 2 saturated heterocycles. The molecule has 3 rings (SSSR count). The molecule has 2 aliphatic rings. The molecule has 0 spiro atoms. The number of halogens is 3. The molecular formula is C15H27Cl3N6O2. The number of piperazine rings is 1. The molecule has 2 fully saturated rings. The number of anilines is 1. The van der Waals surface area contributed by atoms with Crippen molar-refractivity contribution in [1.29, 1.82) is 0 Å². The highest BCUT2D eigenvalue weighted by Gasteiger charge is 2.22. The van der Waals surface area contributed by atoms with Gasteiger partial charge in [-0.25, -0.2) is 9.97 Å². The van der Waals surface area contributed by atoms with Crippen LogP contribution in [0.25, 0.3) is 0 Å². The highest BCUT2D eigenvalue weighted by Crippen LogP contribution is 2.09. The molecule has 8 nitrogen and oxygen atoms in total. The topological polar surface area (TPSA) is 82.6 Å². The fourth-order valence-corrected chi connectivity index (χ4v) is 2.82. The zero-order chi connectivity index (χ0) is 15.9. The number of aromatic nitrogens is 2. The molecule has 3 heterocycles. The number of amides is 1. The Bertz CT molecular complexity index is 499. The van der Waals surface area contributed by atoms with E-state index in [1.54, 1.807) is 12.4 Å². The van der Waals surface area contributed by atoms with Crippen LogP contribution >= 0.6 is 37.2 Å². The molecule has 2 aliphatic heterocycles. The zero-order valence-corrected chi connectivity index (χ0v) is 17.0. The molecule has 1 amide bonds. The van der Waals surface area contributed by atoms with Crippen LogP contribution in [0.1, 0.15) is 0 Å². The second-order valence-corrected chi connectivity index (χ2v) is 5.75. The molecule has 0 aliphatic carbocycles. The fourth-order valence-electron chi connectivity index (χ4n) is 2.82. The Morgan fingerprint density at radius 3 is 2.50 bits per heavy atom. The van der Waals surface area contributed by atoms with Crippen molar-refractivity contribution >= 4 is 49.1 Å². The maximum atomic E-state index is 12.0. The van der Waals surface area contributed by atoms with E-state index in [4.69, 9.17) is 4.74 Å². The molecule has 0 radical (unpaired) electrons. The second kappa shape index (κ2) is 13.3. The Morgan fingerprint density at radius 2 is 1.88 bits per heavy atom. The van der Waals surface area contributed by atoms with Gasteiger partial charge in [-0.15, -0.1) is 37.2 Å². The summed E-state index contributed by atoms with van der Waals surface area (Å²) < 4.78 is 5.30. The third-order valence-electron chi connectivity index (χ3n) is 4.17. The van der Waals surface area contributed by atoms with Gasteiger partial charge in [-0.2, -0.15) is 0 Å². The number of nitrogens with zero attached hydrogens (tertiary/aromatic N) is 4. The van der Waals surface area contributed by atoms with E-state index in [9.17, 15) is 4.79 Å². The minimum Gasteiger partial charge on any atom is -0.378 e. The number of hydrogen-bond acceptors (Lipinski definition) is 7. The number of rotatable bonds is 5. The minimum atomic E-state index is -0.212. The van der Waals surface area contributed by atoms with Crippen molar-refractivity contribution in [1.82, 2.24) is 25.5 Å². The molecule has 0 saturated carbocycles. The van der Waals surface area contributed by atoms with Gasteiger partial charge in [0.05, 0.1) is 13.2 Å². The van der Waals surface area contributed by atoms with Gasteiger partial charge in [0.25, 0.3) is 0 Å². The van der Waals surface area contributed by atoms with Gasteiger partial charge >= 0.3 is 0 Å². The molecule has 0 bridgehead atoms. The number of carbonyl (C=O) groups excluding carboxylic acids is 1. The maximum absolute atomic E-state index is 12.0. The van der Waals surface area contributed by atoms with Crippen LogP contribution in [-0.2, 0) is 9.53 Å². The van der Waals surface area contributed by atoms with Crippen molar-refractivity contribution in [2.24, 2.45) is 0 Å². The number of hydrogen-bond donors (Lipinski definition) is 2. The standard InChI is InChI=1S/C15H24N6O2.3ClH/c22-14(13-12-23-11-5-16-13)17-4-6-20-7-9-21(10-8-20)15-18-2-1-3-19-15;;;/h1-3,13,16H,4-12H2,(H,17,22);3*1H. The van der Waals surface area contributed by atoms with Crippen molar-refractivity contribution in [2.45, 2.75) is 6.04 Å². The summed E-state index contributed by atoms with van der Waals surface area (Å²) in [6.07, 6.45) is 3.54. The van der Waals surface area contributed by atoms with Gasteiger partial charge in [0.2, 0.25) is 11.9 Å². The molecule has 0 aromatic carbocycles. The number of ether oxygens (including phenoxy) is 1. The van der Waals surface area contributed by atoms with Crippen LogP contribution in [-0.4, -0.2) is 85.8 Å². The van der Waals surface area contributed by atoms with Crippen molar-refractivity contribution < 1.29 is 9.53 Å². The lowest BCUT2D eigenvalue weighted by Crippen LogP contribution is -2.53. The summed E-state index contributed by atoms with van der Waals surface area (Å²) in [7, 11) is 0. The lowest BCUT2D eigenvalue weighted by Gasteiger charge is -2.34. The van der Waals surface area contributed by atoms with E-state index in [0.29, 0.717) is 19.8 Å².